The minimum atomic E-state index is -0.0939. The summed E-state index contributed by atoms with van der Waals surface area (Å²) in [4.78, 5) is 25.3. The van der Waals surface area contributed by atoms with Crippen molar-refractivity contribution in [2.24, 2.45) is 0 Å². The van der Waals surface area contributed by atoms with Crippen molar-refractivity contribution in [2.45, 2.75) is 53.0 Å². The van der Waals surface area contributed by atoms with Gasteiger partial charge in [-0.2, -0.15) is 0 Å². The third kappa shape index (κ3) is 6.68. The van der Waals surface area contributed by atoms with E-state index < -0.39 is 0 Å². The van der Waals surface area contributed by atoms with Gasteiger partial charge in [-0.1, -0.05) is 32.4 Å². The number of nitrogens with zero attached hydrogens (tertiary/aromatic N) is 1. The van der Waals surface area contributed by atoms with E-state index >= 15 is 0 Å². The van der Waals surface area contributed by atoms with E-state index in [0.717, 1.165) is 37.1 Å². The smallest absolute Gasteiger partial charge is 0.246 e. The summed E-state index contributed by atoms with van der Waals surface area (Å²) in [5.74, 6) is -0.0395. The number of carbonyl (C=O) groups excluding carboxylic acids is 2. The van der Waals surface area contributed by atoms with Gasteiger partial charge in [0.1, 0.15) is 0 Å². The third-order valence-corrected chi connectivity index (χ3v) is 3.81. The predicted octanol–water partition coefficient (Wildman–Crippen LogP) is 4.09. The zero-order valence-electron chi connectivity index (χ0n) is 14.6. The molecule has 0 heterocycles. The summed E-state index contributed by atoms with van der Waals surface area (Å²) in [6.07, 6.45) is 6.51. The quantitative estimate of drug-likeness (QED) is 0.735. The van der Waals surface area contributed by atoms with Gasteiger partial charge in [0, 0.05) is 31.3 Å². The number of nitrogens with one attached hydrogen (secondary N) is 1. The van der Waals surface area contributed by atoms with Crippen LogP contribution in [0.4, 0.5) is 5.69 Å². The Balaban J connectivity index is 2.72. The van der Waals surface area contributed by atoms with Gasteiger partial charge >= 0.3 is 0 Å². The van der Waals surface area contributed by atoms with Gasteiger partial charge in [0.25, 0.3) is 0 Å². The van der Waals surface area contributed by atoms with E-state index in [4.69, 9.17) is 0 Å². The predicted molar refractivity (Wildman–Crippen MR) is 96.2 cm³/mol. The Kier molecular flexibility index (Phi) is 8.09. The molecule has 0 bridgehead atoms. The monoisotopic (exact) mass is 316 g/mol. The standard InChI is InChI=1S/C19H28N2O2/c1-5-7-14-21(15(3)6-2)19(23)13-10-17-8-11-18(12-9-17)20-16(4)22/h8-13,15H,5-7,14H2,1-4H3,(H,20,22)/b13-10+. The molecule has 0 spiro atoms. The van der Waals surface area contributed by atoms with E-state index in [1.807, 2.05) is 35.2 Å². The molecule has 0 aliphatic carbocycles. The molecule has 1 atom stereocenters. The molecule has 1 N–H and O–H groups in total. The lowest BCUT2D eigenvalue weighted by Gasteiger charge is -2.27. The molecule has 2 amide bonds. The maximum absolute atomic E-state index is 12.4. The topological polar surface area (TPSA) is 49.4 Å². The zero-order chi connectivity index (χ0) is 17.2. The second kappa shape index (κ2) is 9.82. The second-order valence-electron chi connectivity index (χ2n) is 5.78. The summed E-state index contributed by atoms with van der Waals surface area (Å²) in [5.41, 5.74) is 1.69. The van der Waals surface area contributed by atoms with Crippen LogP contribution in [-0.4, -0.2) is 29.3 Å². The number of carbonyl (C=O) groups is 2. The van der Waals surface area contributed by atoms with Crippen LogP contribution >= 0.6 is 0 Å². The van der Waals surface area contributed by atoms with E-state index in [-0.39, 0.29) is 17.9 Å². The number of anilines is 1. The molecule has 4 nitrogen and oxygen atoms in total. The van der Waals surface area contributed by atoms with E-state index in [2.05, 4.69) is 26.1 Å². The lowest BCUT2D eigenvalue weighted by atomic mass is 10.1. The maximum Gasteiger partial charge on any atom is 0.246 e. The fourth-order valence-corrected chi connectivity index (χ4v) is 2.24. The van der Waals surface area contributed by atoms with Crippen LogP contribution in [0.2, 0.25) is 0 Å². The Bertz CT molecular complexity index is 535. The van der Waals surface area contributed by atoms with Crippen LogP contribution in [0.3, 0.4) is 0 Å². The van der Waals surface area contributed by atoms with Crippen LogP contribution in [0.5, 0.6) is 0 Å². The van der Waals surface area contributed by atoms with Crippen molar-refractivity contribution in [1.82, 2.24) is 4.90 Å². The third-order valence-electron chi connectivity index (χ3n) is 3.81. The van der Waals surface area contributed by atoms with Crippen molar-refractivity contribution in [3.05, 3.63) is 35.9 Å². The first-order valence-electron chi connectivity index (χ1n) is 8.34. The van der Waals surface area contributed by atoms with Crippen LogP contribution in [0.25, 0.3) is 6.08 Å². The Hall–Kier alpha value is -2.10. The summed E-state index contributed by atoms with van der Waals surface area (Å²) in [7, 11) is 0. The summed E-state index contributed by atoms with van der Waals surface area (Å²) in [6.45, 7) is 8.60. The fraction of sp³-hybridized carbons (Fsp3) is 0.474. The average molecular weight is 316 g/mol. The molecule has 0 saturated heterocycles. The van der Waals surface area contributed by atoms with Crippen molar-refractivity contribution < 1.29 is 9.59 Å². The van der Waals surface area contributed by atoms with Crippen LogP contribution in [0, 0.1) is 0 Å². The van der Waals surface area contributed by atoms with Gasteiger partial charge in [-0.15, -0.1) is 0 Å². The minimum absolute atomic E-state index is 0.0544. The number of hydrogen-bond acceptors (Lipinski definition) is 2. The van der Waals surface area contributed by atoms with Gasteiger partial charge in [0.15, 0.2) is 0 Å². The molecular weight excluding hydrogens is 288 g/mol. The Morgan fingerprint density at radius 2 is 1.87 bits per heavy atom. The highest BCUT2D eigenvalue weighted by Crippen LogP contribution is 2.12. The number of unbranched alkanes of at least 4 members (excludes halogenated alkanes) is 1. The van der Waals surface area contributed by atoms with Gasteiger partial charge in [-0.05, 0) is 43.5 Å². The fourth-order valence-electron chi connectivity index (χ4n) is 2.24. The molecule has 1 rings (SSSR count). The summed E-state index contributed by atoms with van der Waals surface area (Å²) in [5, 5.41) is 2.72. The lowest BCUT2D eigenvalue weighted by molar-refractivity contribution is -0.128. The van der Waals surface area contributed by atoms with Gasteiger partial charge in [0.2, 0.25) is 11.8 Å². The first-order chi connectivity index (χ1) is 11.0. The first-order valence-corrected chi connectivity index (χ1v) is 8.34. The normalized spacial score (nSPS) is 12.2. The Labute approximate surface area is 139 Å². The zero-order valence-corrected chi connectivity index (χ0v) is 14.6. The molecule has 0 saturated carbocycles. The Morgan fingerprint density at radius 1 is 1.22 bits per heavy atom. The van der Waals surface area contributed by atoms with E-state index in [0.29, 0.717) is 0 Å². The largest absolute Gasteiger partial charge is 0.336 e. The van der Waals surface area contributed by atoms with Gasteiger partial charge < -0.3 is 10.2 Å². The molecule has 1 aromatic carbocycles. The van der Waals surface area contributed by atoms with Crippen LogP contribution < -0.4 is 5.32 Å². The average Bonchev–Trinajstić information content (AvgIpc) is 2.53. The summed E-state index contributed by atoms with van der Waals surface area (Å²) in [6, 6.07) is 7.67. The number of rotatable bonds is 8. The molecule has 1 unspecified atom stereocenters. The molecule has 0 aliphatic rings. The molecule has 0 radical (unpaired) electrons. The molecule has 1 aromatic rings. The Morgan fingerprint density at radius 3 is 2.39 bits per heavy atom. The van der Waals surface area contributed by atoms with E-state index in [1.54, 1.807) is 6.08 Å². The van der Waals surface area contributed by atoms with Gasteiger partial charge in [-0.3, -0.25) is 9.59 Å². The van der Waals surface area contributed by atoms with Crippen LogP contribution in [-0.2, 0) is 9.59 Å². The first kappa shape index (κ1) is 18.9. The van der Waals surface area contributed by atoms with Gasteiger partial charge in [-0.25, -0.2) is 0 Å². The summed E-state index contributed by atoms with van der Waals surface area (Å²) < 4.78 is 0. The molecular formula is C19H28N2O2. The van der Waals surface area contributed by atoms with E-state index in [9.17, 15) is 9.59 Å². The van der Waals surface area contributed by atoms with Crippen molar-refractivity contribution >= 4 is 23.6 Å². The van der Waals surface area contributed by atoms with Crippen molar-refractivity contribution in [1.29, 1.82) is 0 Å². The van der Waals surface area contributed by atoms with E-state index in [1.165, 1.54) is 6.92 Å². The van der Waals surface area contributed by atoms with Crippen LogP contribution in [0.15, 0.2) is 30.3 Å². The van der Waals surface area contributed by atoms with Gasteiger partial charge in [0.05, 0.1) is 0 Å². The highest BCUT2D eigenvalue weighted by atomic mass is 16.2. The lowest BCUT2D eigenvalue weighted by Crippen LogP contribution is -2.37. The molecule has 0 fully saturated rings. The maximum atomic E-state index is 12.4. The SMILES string of the molecule is CCCCN(C(=O)/C=C/c1ccc(NC(C)=O)cc1)C(C)CC. The second-order valence-corrected chi connectivity index (χ2v) is 5.78. The molecule has 0 aliphatic heterocycles. The highest BCUT2D eigenvalue weighted by molar-refractivity contribution is 5.92. The number of amides is 2. The van der Waals surface area contributed by atoms with Crippen LogP contribution in [0.1, 0.15) is 52.5 Å². The number of hydrogen-bond donors (Lipinski definition) is 1. The highest BCUT2D eigenvalue weighted by Gasteiger charge is 2.15. The number of benzene rings is 1. The molecule has 4 heteroatoms. The van der Waals surface area contributed by atoms with Crippen molar-refractivity contribution in [3.63, 3.8) is 0 Å². The summed E-state index contributed by atoms with van der Waals surface area (Å²) >= 11 is 0. The minimum Gasteiger partial charge on any atom is -0.336 e. The molecule has 0 aromatic heterocycles. The van der Waals surface area contributed by atoms with Crippen molar-refractivity contribution in [2.75, 3.05) is 11.9 Å². The molecule has 126 valence electrons. The molecule has 23 heavy (non-hydrogen) atoms. The van der Waals surface area contributed by atoms with Crippen molar-refractivity contribution in [3.8, 4) is 0 Å².